The first kappa shape index (κ1) is 11.1. The third-order valence-electron chi connectivity index (χ3n) is 3.33. The molecule has 1 aromatic heterocycles. The molecule has 0 bridgehead atoms. The number of carbonyl (C=O) groups is 1. The highest BCUT2D eigenvalue weighted by Gasteiger charge is 2.28. The van der Waals surface area contributed by atoms with Gasteiger partial charge in [-0.3, -0.25) is 4.79 Å². The van der Waals surface area contributed by atoms with Crippen LogP contribution in [0.25, 0.3) is 0 Å². The molecule has 0 radical (unpaired) electrons. The number of carbonyl (C=O) groups excluding carboxylic acids is 1. The molecule has 2 rings (SSSR count). The lowest BCUT2D eigenvalue weighted by molar-refractivity contribution is 0.0920. The Bertz CT molecular complexity index is 374. The van der Waals surface area contributed by atoms with E-state index in [1.807, 2.05) is 7.05 Å². The van der Waals surface area contributed by atoms with Gasteiger partial charge in [-0.05, 0) is 25.3 Å². The van der Waals surface area contributed by atoms with Crippen LogP contribution in [0.1, 0.15) is 29.8 Å². The zero-order valence-corrected chi connectivity index (χ0v) is 9.52. The van der Waals surface area contributed by atoms with Gasteiger partial charge in [-0.25, -0.2) is 4.98 Å². The van der Waals surface area contributed by atoms with Crippen LogP contribution in [0.15, 0.2) is 12.5 Å². The lowest BCUT2D eigenvalue weighted by atomic mass is 10.0. The lowest BCUT2D eigenvalue weighted by Crippen LogP contribution is -2.40. The molecule has 1 aliphatic carbocycles. The summed E-state index contributed by atoms with van der Waals surface area (Å²) in [4.78, 5) is 15.9. The molecule has 16 heavy (non-hydrogen) atoms. The van der Waals surface area contributed by atoms with Crippen LogP contribution in [0, 0.1) is 5.92 Å². The molecular formula is C11H18N4O. The van der Waals surface area contributed by atoms with Crippen molar-refractivity contribution >= 4 is 5.91 Å². The van der Waals surface area contributed by atoms with Crippen LogP contribution < -0.4 is 11.1 Å². The van der Waals surface area contributed by atoms with Crippen molar-refractivity contribution in [1.82, 2.24) is 14.9 Å². The molecule has 88 valence electrons. The maximum atomic E-state index is 11.9. The Morgan fingerprint density at radius 1 is 1.69 bits per heavy atom. The monoisotopic (exact) mass is 222 g/mol. The molecule has 1 saturated carbocycles. The van der Waals surface area contributed by atoms with E-state index in [-0.39, 0.29) is 11.9 Å². The van der Waals surface area contributed by atoms with Gasteiger partial charge in [0.05, 0.1) is 12.5 Å². The van der Waals surface area contributed by atoms with Crippen LogP contribution in [0.3, 0.4) is 0 Å². The smallest absolute Gasteiger partial charge is 0.269 e. The third-order valence-corrected chi connectivity index (χ3v) is 3.33. The summed E-state index contributed by atoms with van der Waals surface area (Å²) < 4.78 is 1.72. The molecule has 1 heterocycles. The summed E-state index contributed by atoms with van der Waals surface area (Å²) in [5, 5.41) is 3.04. The summed E-state index contributed by atoms with van der Waals surface area (Å²) in [6, 6.07) is 0.229. The van der Waals surface area contributed by atoms with Crippen molar-refractivity contribution in [2.24, 2.45) is 18.7 Å². The molecule has 5 nitrogen and oxygen atoms in total. The zero-order chi connectivity index (χ0) is 11.5. The standard InChI is InChI=1S/C11H18N4O/c1-15-7-13-6-10(15)11(16)14-9-4-2-3-8(9)5-12/h6-9H,2-5,12H2,1H3,(H,14,16). The molecule has 1 aromatic rings. The zero-order valence-electron chi connectivity index (χ0n) is 9.52. The molecule has 3 N–H and O–H groups in total. The van der Waals surface area contributed by atoms with Gasteiger partial charge >= 0.3 is 0 Å². The first-order valence-electron chi connectivity index (χ1n) is 5.69. The number of hydrogen-bond acceptors (Lipinski definition) is 3. The maximum absolute atomic E-state index is 11.9. The van der Waals surface area contributed by atoms with Crippen molar-refractivity contribution < 1.29 is 4.79 Å². The van der Waals surface area contributed by atoms with Crippen molar-refractivity contribution in [1.29, 1.82) is 0 Å². The molecule has 2 atom stereocenters. The Hall–Kier alpha value is -1.36. The molecule has 2 unspecified atom stereocenters. The fourth-order valence-electron chi connectivity index (χ4n) is 2.33. The Morgan fingerprint density at radius 3 is 3.12 bits per heavy atom. The predicted octanol–water partition coefficient (Wildman–Crippen LogP) is 0.277. The Balaban J connectivity index is 2.00. The number of rotatable bonds is 3. The maximum Gasteiger partial charge on any atom is 0.269 e. The Kier molecular flexibility index (Phi) is 3.24. The highest BCUT2D eigenvalue weighted by Crippen LogP contribution is 2.24. The average Bonchev–Trinajstić information content (AvgIpc) is 2.86. The van der Waals surface area contributed by atoms with E-state index in [0.29, 0.717) is 18.2 Å². The van der Waals surface area contributed by atoms with Gasteiger partial charge in [0.2, 0.25) is 0 Å². The molecule has 1 aliphatic rings. The number of amides is 1. The number of aryl methyl sites for hydroxylation is 1. The Labute approximate surface area is 95.0 Å². The average molecular weight is 222 g/mol. The number of hydrogen-bond donors (Lipinski definition) is 2. The number of nitrogens with two attached hydrogens (primary N) is 1. The van der Waals surface area contributed by atoms with Crippen molar-refractivity contribution in [2.75, 3.05) is 6.54 Å². The topological polar surface area (TPSA) is 72.9 Å². The van der Waals surface area contributed by atoms with E-state index in [0.717, 1.165) is 19.3 Å². The minimum Gasteiger partial charge on any atom is -0.348 e. The predicted molar refractivity (Wildman–Crippen MR) is 60.9 cm³/mol. The quantitative estimate of drug-likeness (QED) is 0.771. The third kappa shape index (κ3) is 2.09. The molecule has 0 saturated heterocycles. The summed E-state index contributed by atoms with van der Waals surface area (Å²) in [5.74, 6) is 0.377. The van der Waals surface area contributed by atoms with Gasteiger partial charge < -0.3 is 15.6 Å². The highest BCUT2D eigenvalue weighted by molar-refractivity contribution is 5.92. The van der Waals surface area contributed by atoms with Crippen LogP contribution in [0.4, 0.5) is 0 Å². The molecule has 1 amide bonds. The summed E-state index contributed by atoms with van der Waals surface area (Å²) in [6.07, 6.45) is 6.52. The van der Waals surface area contributed by atoms with Crippen LogP contribution in [-0.2, 0) is 7.05 Å². The van der Waals surface area contributed by atoms with E-state index in [1.165, 1.54) is 0 Å². The number of nitrogens with zero attached hydrogens (tertiary/aromatic N) is 2. The lowest BCUT2D eigenvalue weighted by Gasteiger charge is -2.19. The van der Waals surface area contributed by atoms with Crippen molar-refractivity contribution in [3.63, 3.8) is 0 Å². The molecule has 0 aliphatic heterocycles. The first-order chi connectivity index (χ1) is 7.72. The second-order valence-electron chi connectivity index (χ2n) is 4.40. The Morgan fingerprint density at radius 2 is 2.50 bits per heavy atom. The van der Waals surface area contributed by atoms with E-state index in [4.69, 9.17) is 5.73 Å². The molecule has 0 aromatic carbocycles. The number of aromatic nitrogens is 2. The summed E-state index contributed by atoms with van der Waals surface area (Å²) >= 11 is 0. The second-order valence-corrected chi connectivity index (χ2v) is 4.40. The van der Waals surface area contributed by atoms with Crippen LogP contribution in [0.5, 0.6) is 0 Å². The van der Waals surface area contributed by atoms with Crippen molar-refractivity contribution in [2.45, 2.75) is 25.3 Å². The van der Waals surface area contributed by atoms with Gasteiger partial charge in [0, 0.05) is 13.1 Å². The molecule has 5 heteroatoms. The van der Waals surface area contributed by atoms with E-state index < -0.39 is 0 Å². The van der Waals surface area contributed by atoms with Crippen LogP contribution >= 0.6 is 0 Å². The highest BCUT2D eigenvalue weighted by atomic mass is 16.2. The first-order valence-corrected chi connectivity index (χ1v) is 5.69. The second kappa shape index (κ2) is 4.65. The van der Waals surface area contributed by atoms with E-state index in [2.05, 4.69) is 10.3 Å². The van der Waals surface area contributed by atoms with Gasteiger partial charge in [-0.15, -0.1) is 0 Å². The van der Waals surface area contributed by atoms with E-state index >= 15 is 0 Å². The van der Waals surface area contributed by atoms with Gasteiger partial charge in [-0.1, -0.05) is 6.42 Å². The fourth-order valence-corrected chi connectivity index (χ4v) is 2.33. The normalized spacial score (nSPS) is 24.6. The largest absolute Gasteiger partial charge is 0.348 e. The van der Waals surface area contributed by atoms with Crippen molar-refractivity contribution in [3.8, 4) is 0 Å². The molecular weight excluding hydrogens is 204 g/mol. The number of imidazole rings is 1. The van der Waals surface area contributed by atoms with Crippen LogP contribution in [-0.4, -0.2) is 28.0 Å². The fraction of sp³-hybridized carbons (Fsp3) is 0.636. The van der Waals surface area contributed by atoms with E-state index in [9.17, 15) is 4.79 Å². The summed E-state index contributed by atoms with van der Waals surface area (Å²) in [7, 11) is 1.82. The van der Waals surface area contributed by atoms with Crippen molar-refractivity contribution in [3.05, 3.63) is 18.2 Å². The SMILES string of the molecule is Cn1cncc1C(=O)NC1CCCC1CN. The van der Waals surface area contributed by atoms with E-state index in [1.54, 1.807) is 17.1 Å². The van der Waals surface area contributed by atoms with Gasteiger partial charge in [0.25, 0.3) is 5.91 Å². The van der Waals surface area contributed by atoms with Gasteiger partial charge in [0.15, 0.2) is 0 Å². The minimum atomic E-state index is -0.0506. The van der Waals surface area contributed by atoms with Gasteiger partial charge in [0.1, 0.15) is 5.69 Å². The number of nitrogens with one attached hydrogen (secondary N) is 1. The summed E-state index contributed by atoms with van der Waals surface area (Å²) in [6.45, 7) is 0.649. The molecule has 1 fully saturated rings. The van der Waals surface area contributed by atoms with Crippen LogP contribution in [0.2, 0.25) is 0 Å². The molecule has 0 spiro atoms. The minimum absolute atomic E-state index is 0.0506. The van der Waals surface area contributed by atoms with Gasteiger partial charge in [-0.2, -0.15) is 0 Å². The summed E-state index contributed by atoms with van der Waals surface area (Å²) in [5.41, 5.74) is 6.28.